The summed E-state index contributed by atoms with van der Waals surface area (Å²) in [5.41, 5.74) is 0.336. The Balaban J connectivity index is 1.47. The Labute approximate surface area is 141 Å². The van der Waals surface area contributed by atoms with Gasteiger partial charge in [-0.25, -0.2) is 0 Å². The van der Waals surface area contributed by atoms with Gasteiger partial charge in [0.05, 0.1) is 12.0 Å². The van der Waals surface area contributed by atoms with Crippen molar-refractivity contribution < 1.29 is 19.1 Å². The highest BCUT2D eigenvalue weighted by molar-refractivity contribution is 5.90. The van der Waals surface area contributed by atoms with E-state index < -0.39 is 5.41 Å². The average Bonchev–Trinajstić information content (AvgIpc) is 3.47. The summed E-state index contributed by atoms with van der Waals surface area (Å²) in [5.74, 6) is -0.918. The van der Waals surface area contributed by atoms with Crippen LogP contribution in [0.3, 0.4) is 0 Å². The molecule has 1 N–H and O–H groups in total. The monoisotopic (exact) mass is 330 g/mol. The number of esters is 1. The van der Waals surface area contributed by atoms with Crippen molar-refractivity contribution in [2.24, 2.45) is 0 Å². The van der Waals surface area contributed by atoms with Gasteiger partial charge in [0, 0.05) is 13.1 Å². The summed E-state index contributed by atoms with van der Waals surface area (Å²) in [6.45, 7) is -0.350. The number of hydrogen-bond donors (Lipinski definition) is 1. The second kappa shape index (κ2) is 6.63. The number of likely N-dealkylation sites (N-methyl/N-ethyl adjacent to an activating group) is 1. The zero-order chi connectivity index (χ0) is 17.2. The molecule has 2 aliphatic rings. The van der Waals surface area contributed by atoms with Crippen LogP contribution in [0.25, 0.3) is 0 Å². The van der Waals surface area contributed by atoms with Gasteiger partial charge >= 0.3 is 5.97 Å². The first-order valence-corrected chi connectivity index (χ1v) is 8.27. The van der Waals surface area contributed by atoms with Crippen LogP contribution in [0.4, 0.5) is 0 Å². The Kier molecular flexibility index (Phi) is 4.55. The number of rotatable bonds is 7. The van der Waals surface area contributed by atoms with Gasteiger partial charge in [0.25, 0.3) is 5.91 Å². The first kappa shape index (κ1) is 16.5. The molecule has 2 amide bonds. The third kappa shape index (κ3) is 3.75. The largest absolute Gasteiger partial charge is 0.455 e. The van der Waals surface area contributed by atoms with Crippen LogP contribution in [0.2, 0.25) is 0 Å². The van der Waals surface area contributed by atoms with Crippen molar-refractivity contribution in [2.75, 3.05) is 20.2 Å². The molecule has 0 heterocycles. The number of nitrogens with zero attached hydrogens (tertiary/aromatic N) is 1. The second-order valence-electron chi connectivity index (χ2n) is 6.62. The van der Waals surface area contributed by atoms with E-state index in [4.69, 9.17) is 4.74 Å². The molecule has 128 valence electrons. The quantitative estimate of drug-likeness (QED) is 0.757. The lowest BCUT2D eigenvalue weighted by molar-refractivity contribution is -0.154. The normalized spacial score (nSPS) is 17.7. The van der Waals surface area contributed by atoms with E-state index in [0.29, 0.717) is 0 Å². The highest BCUT2D eigenvalue weighted by Crippen LogP contribution is 2.49. The Hall–Kier alpha value is -2.37. The van der Waals surface area contributed by atoms with Gasteiger partial charge in [-0.05, 0) is 31.2 Å². The van der Waals surface area contributed by atoms with Crippen molar-refractivity contribution in [2.45, 2.75) is 37.1 Å². The highest BCUT2D eigenvalue weighted by atomic mass is 16.5. The molecule has 0 bridgehead atoms. The van der Waals surface area contributed by atoms with Crippen LogP contribution in [-0.4, -0.2) is 48.9 Å². The van der Waals surface area contributed by atoms with E-state index in [0.717, 1.165) is 31.2 Å². The Morgan fingerprint density at radius 1 is 1.21 bits per heavy atom. The van der Waals surface area contributed by atoms with Gasteiger partial charge < -0.3 is 15.0 Å². The lowest BCUT2D eigenvalue weighted by atomic mass is 9.96. The van der Waals surface area contributed by atoms with Gasteiger partial charge in [-0.2, -0.15) is 0 Å². The standard InChI is InChI=1S/C18H22N2O4/c1-20(11-15(21)19-14-7-8-14)16(22)12-24-17(23)18(9-10-18)13-5-3-2-4-6-13/h2-6,14H,7-12H2,1H3,(H,19,21). The van der Waals surface area contributed by atoms with E-state index in [1.165, 1.54) is 11.9 Å². The van der Waals surface area contributed by atoms with Gasteiger partial charge in [0.15, 0.2) is 6.61 Å². The van der Waals surface area contributed by atoms with E-state index in [1.54, 1.807) is 0 Å². The molecule has 2 aliphatic carbocycles. The Morgan fingerprint density at radius 3 is 2.46 bits per heavy atom. The van der Waals surface area contributed by atoms with Gasteiger partial charge in [-0.3, -0.25) is 14.4 Å². The van der Waals surface area contributed by atoms with Crippen molar-refractivity contribution in [3.05, 3.63) is 35.9 Å². The van der Waals surface area contributed by atoms with E-state index in [-0.39, 0.29) is 37.0 Å². The molecule has 2 saturated carbocycles. The van der Waals surface area contributed by atoms with Crippen LogP contribution in [0.15, 0.2) is 30.3 Å². The van der Waals surface area contributed by atoms with Crippen molar-refractivity contribution in [3.63, 3.8) is 0 Å². The maximum Gasteiger partial charge on any atom is 0.317 e. The number of ether oxygens (including phenoxy) is 1. The molecule has 0 radical (unpaired) electrons. The minimum Gasteiger partial charge on any atom is -0.455 e. The zero-order valence-corrected chi connectivity index (χ0v) is 13.8. The predicted molar refractivity (Wildman–Crippen MR) is 87.1 cm³/mol. The minimum absolute atomic E-state index is 0.0172. The van der Waals surface area contributed by atoms with Gasteiger partial charge in [-0.1, -0.05) is 30.3 Å². The summed E-state index contributed by atoms with van der Waals surface area (Å²) in [6, 6.07) is 9.75. The molecule has 1 aromatic carbocycles. The summed E-state index contributed by atoms with van der Waals surface area (Å²) in [6.07, 6.45) is 3.48. The fourth-order valence-electron chi connectivity index (χ4n) is 2.67. The maximum atomic E-state index is 12.4. The molecule has 0 atom stereocenters. The molecule has 3 rings (SSSR count). The molecular formula is C18H22N2O4. The lowest BCUT2D eigenvalue weighted by Gasteiger charge is -2.18. The zero-order valence-electron chi connectivity index (χ0n) is 13.8. The van der Waals surface area contributed by atoms with E-state index in [1.807, 2.05) is 30.3 Å². The molecule has 0 saturated heterocycles. The molecule has 6 nitrogen and oxygen atoms in total. The van der Waals surface area contributed by atoms with Gasteiger partial charge in [0.2, 0.25) is 5.91 Å². The minimum atomic E-state index is -0.594. The van der Waals surface area contributed by atoms with Crippen molar-refractivity contribution >= 4 is 17.8 Å². The Morgan fingerprint density at radius 2 is 1.88 bits per heavy atom. The number of nitrogens with one attached hydrogen (secondary N) is 1. The maximum absolute atomic E-state index is 12.4. The SMILES string of the molecule is CN(CC(=O)NC1CC1)C(=O)COC(=O)C1(c2ccccc2)CC1. The molecule has 0 aliphatic heterocycles. The summed E-state index contributed by atoms with van der Waals surface area (Å²) in [4.78, 5) is 37.4. The average molecular weight is 330 g/mol. The fraction of sp³-hybridized carbons (Fsp3) is 0.500. The second-order valence-corrected chi connectivity index (χ2v) is 6.62. The van der Waals surface area contributed by atoms with Crippen LogP contribution in [-0.2, 0) is 24.5 Å². The number of hydrogen-bond acceptors (Lipinski definition) is 4. The van der Waals surface area contributed by atoms with Crippen LogP contribution >= 0.6 is 0 Å². The van der Waals surface area contributed by atoms with E-state index in [9.17, 15) is 14.4 Å². The molecule has 0 spiro atoms. The van der Waals surface area contributed by atoms with E-state index in [2.05, 4.69) is 5.32 Å². The Bertz CT molecular complexity index is 636. The first-order chi connectivity index (χ1) is 11.5. The molecule has 0 aromatic heterocycles. The molecule has 1 aromatic rings. The predicted octanol–water partition coefficient (Wildman–Crippen LogP) is 0.998. The lowest BCUT2D eigenvalue weighted by Crippen LogP contribution is -2.41. The van der Waals surface area contributed by atoms with E-state index >= 15 is 0 Å². The number of carbonyl (C=O) groups is 3. The summed E-state index contributed by atoms with van der Waals surface area (Å²) in [5, 5.41) is 2.82. The summed E-state index contributed by atoms with van der Waals surface area (Å²) < 4.78 is 5.22. The third-order valence-corrected chi connectivity index (χ3v) is 4.54. The molecule has 24 heavy (non-hydrogen) atoms. The smallest absolute Gasteiger partial charge is 0.317 e. The summed E-state index contributed by atoms with van der Waals surface area (Å²) >= 11 is 0. The molecular weight excluding hydrogens is 308 g/mol. The van der Waals surface area contributed by atoms with Gasteiger partial charge in [-0.15, -0.1) is 0 Å². The number of benzene rings is 1. The van der Waals surface area contributed by atoms with Crippen LogP contribution < -0.4 is 5.32 Å². The van der Waals surface area contributed by atoms with Crippen molar-refractivity contribution in [1.29, 1.82) is 0 Å². The fourth-order valence-corrected chi connectivity index (χ4v) is 2.67. The van der Waals surface area contributed by atoms with Crippen LogP contribution in [0.5, 0.6) is 0 Å². The number of carbonyl (C=O) groups excluding carboxylic acids is 3. The van der Waals surface area contributed by atoms with Crippen molar-refractivity contribution in [3.8, 4) is 0 Å². The first-order valence-electron chi connectivity index (χ1n) is 8.27. The van der Waals surface area contributed by atoms with Gasteiger partial charge in [0.1, 0.15) is 0 Å². The highest BCUT2D eigenvalue weighted by Gasteiger charge is 2.52. The summed E-state index contributed by atoms with van der Waals surface area (Å²) in [7, 11) is 1.53. The molecule has 2 fully saturated rings. The molecule has 6 heteroatoms. The number of amides is 2. The molecule has 0 unspecified atom stereocenters. The van der Waals surface area contributed by atoms with Crippen LogP contribution in [0.1, 0.15) is 31.2 Å². The van der Waals surface area contributed by atoms with Crippen molar-refractivity contribution in [1.82, 2.24) is 10.2 Å². The topological polar surface area (TPSA) is 75.7 Å². The third-order valence-electron chi connectivity index (χ3n) is 4.54. The van der Waals surface area contributed by atoms with Crippen LogP contribution in [0, 0.1) is 0 Å².